The van der Waals surface area contributed by atoms with Crippen molar-refractivity contribution in [2.24, 2.45) is 0 Å². The van der Waals surface area contributed by atoms with Crippen molar-refractivity contribution in [3.8, 4) is 0 Å². The quantitative estimate of drug-likeness (QED) is 0.657. The summed E-state index contributed by atoms with van der Waals surface area (Å²) in [6.45, 7) is 4.46. The Morgan fingerprint density at radius 3 is 2.75 bits per heavy atom. The van der Waals surface area contributed by atoms with Gasteiger partial charge in [0.05, 0.1) is 5.69 Å². The standard InChI is InChI=1S/C8H13N3O/c1-5-6(2)10-8(12)11-7(5)4-9-3/h9H,4H2,1-3H3,(H,10,11,12). The molecule has 4 heteroatoms. The van der Waals surface area contributed by atoms with Gasteiger partial charge in [-0.3, -0.25) is 0 Å². The average molecular weight is 167 g/mol. The van der Waals surface area contributed by atoms with Crippen LogP contribution in [0.1, 0.15) is 17.0 Å². The second-order valence-electron chi connectivity index (χ2n) is 2.77. The summed E-state index contributed by atoms with van der Waals surface area (Å²) in [5.74, 6) is 0. The number of aryl methyl sites for hydroxylation is 1. The van der Waals surface area contributed by atoms with Crippen molar-refractivity contribution in [1.29, 1.82) is 0 Å². The van der Waals surface area contributed by atoms with Crippen molar-refractivity contribution in [3.05, 3.63) is 27.4 Å². The molecule has 1 heterocycles. The van der Waals surface area contributed by atoms with Crippen LogP contribution in [-0.4, -0.2) is 17.0 Å². The maximum absolute atomic E-state index is 10.9. The molecule has 1 rings (SSSR count). The van der Waals surface area contributed by atoms with Crippen LogP contribution in [0.2, 0.25) is 0 Å². The molecule has 0 amide bonds. The highest BCUT2D eigenvalue weighted by Crippen LogP contribution is 2.03. The van der Waals surface area contributed by atoms with Crippen LogP contribution >= 0.6 is 0 Å². The molecule has 0 atom stereocenters. The van der Waals surface area contributed by atoms with Gasteiger partial charge in [-0.1, -0.05) is 0 Å². The molecule has 0 aromatic carbocycles. The lowest BCUT2D eigenvalue weighted by Gasteiger charge is -2.04. The van der Waals surface area contributed by atoms with Gasteiger partial charge in [0.15, 0.2) is 0 Å². The summed E-state index contributed by atoms with van der Waals surface area (Å²) in [5.41, 5.74) is 2.48. The first-order valence-corrected chi connectivity index (χ1v) is 3.86. The maximum atomic E-state index is 10.9. The fraction of sp³-hybridized carbons (Fsp3) is 0.500. The Kier molecular flexibility index (Phi) is 2.60. The van der Waals surface area contributed by atoms with E-state index in [0.29, 0.717) is 6.54 Å². The number of aromatic amines is 1. The monoisotopic (exact) mass is 167 g/mol. The normalized spacial score (nSPS) is 10.2. The Bertz CT molecular complexity index is 330. The Labute approximate surface area is 71.0 Å². The van der Waals surface area contributed by atoms with E-state index in [0.717, 1.165) is 17.0 Å². The van der Waals surface area contributed by atoms with E-state index in [1.807, 2.05) is 20.9 Å². The molecule has 0 aliphatic heterocycles. The highest BCUT2D eigenvalue weighted by molar-refractivity contribution is 5.21. The van der Waals surface area contributed by atoms with E-state index >= 15 is 0 Å². The Hall–Kier alpha value is -1.16. The molecule has 2 N–H and O–H groups in total. The molecule has 0 unspecified atom stereocenters. The van der Waals surface area contributed by atoms with Crippen LogP contribution in [0.4, 0.5) is 0 Å². The maximum Gasteiger partial charge on any atom is 0.345 e. The molecule has 12 heavy (non-hydrogen) atoms. The number of aromatic nitrogens is 2. The molecule has 1 aromatic rings. The number of hydrogen-bond acceptors (Lipinski definition) is 3. The lowest BCUT2D eigenvalue weighted by atomic mass is 10.2. The molecule has 4 nitrogen and oxygen atoms in total. The second-order valence-corrected chi connectivity index (χ2v) is 2.77. The Morgan fingerprint density at radius 1 is 1.50 bits per heavy atom. The van der Waals surface area contributed by atoms with Crippen LogP contribution in [0.3, 0.4) is 0 Å². The summed E-state index contributed by atoms with van der Waals surface area (Å²) in [7, 11) is 1.83. The molecule has 0 saturated carbocycles. The number of hydrogen-bond donors (Lipinski definition) is 2. The Balaban J connectivity index is 3.18. The minimum absolute atomic E-state index is 0.275. The summed E-state index contributed by atoms with van der Waals surface area (Å²) in [6, 6.07) is 0. The van der Waals surface area contributed by atoms with Crippen molar-refractivity contribution in [1.82, 2.24) is 15.3 Å². The number of nitrogens with zero attached hydrogens (tertiary/aromatic N) is 1. The molecule has 0 saturated heterocycles. The van der Waals surface area contributed by atoms with Gasteiger partial charge in [-0.05, 0) is 26.5 Å². The SMILES string of the molecule is CNCc1nc(=O)[nH]c(C)c1C. The molecular weight excluding hydrogens is 154 g/mol. The third-order valence-corrected chi connectivity index (χ3v) is 1.87. The van der Waals surface area contributed by atoms with E-state index in [4.69, 9.17) is 0 Å². The number of nitrogens with one attached hydrogen (secondary N) is 2. The van der Waals surface area contributed by atoms with Gasteiger partial charge in [0, 0.05) is 12.2 Å². The minimum atomic E-state index is -0.275. The van der Waals surface area contributed by atoms with E-state index in [-0.39, 0.29) is 5.69 Å². The van der Waals surface area contributed by atoms with E-state index in [9.17, 15) is 4.79 Å². The fourth-order valence-corrected chi connectivity index (χ4v) is 1.04. The van der Waals surface area contributed by atoms with Crippen LogP contribution in [0, 0.1) is 13.8 Å². The van der Waals surface area contributed by atoms with E-state index in [1.54, 1.807) is 0 Å². The zero-order valence-corrected chi connectivity index (χ0v) is 7.56. The van der Waals surface area contributed by atoms with Crippen LogP contribution < -0.4 is 11.0 Å². The van der Waals surface area contributed by atoms with Crippen LogP contribution in [-0.2, 0) is 6.54 Å². The van der Waals surface area contributed by atoms with Crippen molar-refractivity contribution >= 4 is 0 Å². The van der Waals surface area contributed by atoms with Gasteiger partial charge < -0.3 is 10.3 Å². The van der Waals surface area contributed by atoms with Crippen molar-refractivity contribution in [3.63, 3.8) is 0 Å². The number of rotatable bonds is 2. The highest BCUT2D eigenvalue weighted by Gasteiger charge is 2.02. The van der Waals surface area contributed by atoms with Crippen molar-refractivity contribution in [2.45, 2.75) is 20.4 Å². The van der Waals surface area contributed by atoms with Crippen LogP contribution in [0.5, 0.6) is 0 Å². The molecular formula is C8H13N3O. The summed E-state index contributed by atoms with van der Waals surface area (Å²) in [4.78, 5) is 17.4. The topological polar surface area (TPSA) is 57.8 Å². The van der Waals surface area contributed by atoms with Crippen molar-refractivity contribution < 1.29 is 0 Å². The van der Waals surface area contributed by atoms with Crippen LogP contribution in [0.25, 0.3) is 0 Å². The summed E-state index contributed by atoms with van der Waals surface area (Å²) < 4.78 is 0. The molecule has 0 bridgehead atoms. The molecule has 0 aliphatic carbocycles. The highest BCUT2D eigenvalue weighted by atomic mass is 16.1. The molecule has 0 fully saturated rings. The minimum Gasteiger partial charge on any atom is -0.314 e. The van der Waals surface area contributed by atoms with E-state index in [2.05, 4.69) is 15.3 Å². The smallest absolute Gasteiger partial charge is 0.314 e. The second kappa shape index (κ2) is 3.49. The van der Waals surface area contributed by atoms with E-state index < -0.39 is 0 Å². The molecule has 66 valence electrons. The molecule has 0 radical (unpaired) electrons. The number of H-pyrrole nitrogens is 1. The Morgan fingerprint density at radius 2 is 2.17 bits per heavy atom. The van der Waals surface area contributed by atoms with Gasteiger partial charge in [-0.15, -0.1) is 0 Å². The average Bonchev–Trinajstić information content (AvgIpc) is 2.00. The van der Waals surface area contributed by atoms with Gasteiger partial charge in [-0.25, -0.2) is 4.79 Å². The molecule has 0 aliphatic rings. The predicted molar refractivity (Wildman–Crippen MR) is 47.1 cm³/mol. The van der Waals surface area contributed by atoms with Gasteiger partial charge >= 0.3 is 5.69 Å². The third-order valence-electron chi connectivity index (χ3n) is 1.87. The van der Waals surface area contributed by atoms with Crippen LogP contribution in [0.15, 0.2) is 4.79 Å². The zero-order valence-electron chi connectivity index (χ0n) is 7.56. The first-order valence-electron chi connectivity index (χ1n) is 3.86. The molecule has 1 aromatic heterocycles. The summed E-state index contributed by atoms with van der Waals surface area (Å²) in [5, 5.41) is 2.96. The third kappa shape index (κ3) is 1.71. The zero-order chi connectivity index (χ0) is 9.14. The lowest BCUT2D eigenvalue weighted by molar-refractivity contribution is 0.764. The van der Waals surface area contributed by atoms with Gasteiger partial charge in [0.1, 0.15) is 0 Å². The first-order chi connectivity index (χ1) is 5.65. The fourth-order valence-electron chi connectivity index (χ4n) is 1.04. The summed E-state index contributed by atoms with van der Waals surface area (Å²) in [6.07, 6.45) is 0. The summed E-state index contributed by atoms with van der Waals surface area (Å²) >= 11 is 0. The largest absolute Gasteiger partial charge is 0.345 e. The van der Waals surface area contributed by atoms with Gasteiger partial charge in [0.2, 0.25) is 0 Å². The van der Waals surface area contributed by atoms with Crippen molar-refractivity contribution in [2.75, 3.05) is 7.05 Å². The lowest BCUT2D eigenvalue weighted by Crippen LogP contribution is -2.19. The van der Waals surface area contributed by atoms with Gasteiger partial charge in [0.25, 0.3) is 0 Å². The van der Waals surface area contributed by atoms with Gasteiger partial charge in [-0.2, -0.15) is 4.98 Å². The predicted octanol–water partition coefficient (Wildman–Crippen LogP) is 0.106. The molecule has 0 spiro atoms. The first kappa shape index (κ1) is 8.93. The van der Waals surface area contributed by atoms with E-state index in [1.165, 1.54) is 0 Å².